The molecular formula is C27H27F5N4O3. The largest absolute Gasteiger partial charge is 0.473 e. The number of alkyl halides is 3. The number of ether oxygens (including phenoxy) is 2. The predicted molar refractivity (Wildman–Crippen MR) is 133 cm³/mol. The Balaban J connectivity index is 1.28. The molecule has 208 valence electrons. The van der Waals surface area contributed by atoms with Crippen LogP contribution in [0.25, 0.3) is 0 Å². The van der Waals surface area contributed by atoms with Crippen LogP contribution < -0.4 is 20.1 Å². The minimum Gasteiger partial charge on any atom is -0.473 e. The van der Waals surface area contributed by atoms with Crippen molar-refractivity contribution in [2.24, 2.45) is 7.05 Å². The molecule has 2 aliphatic rings. The normalized spacial score (nSPS) is 16.4. The van der Waals surface area contributed by atoms with Gasteiger partial charge in [0, 0.05) is 45.3 Å². The number of rotatable bonds is 7. The molecule has 0 atom stereocenters. The van der Waals surface area contributed by atoms with Crippen LogP contribution in [0.1, 0.15) is 29.5 Å². The fraction of sp³-hybridized carbons (Fsp3) is 0.407. The lowest BCUT2D eigenvalue weighted by Crippen LogP contribution is -2.48. The van der Waals surface area contributed by atoms with Crippen LogP contribution in [0.3, 0.4) is 0 Å². The summed E-state index contributed by atoms with van der Waals surface area (Å²) in [7, 11) is 1.62. The average Bonchev–Trinajstić information content (AvgIpc) is 3.73. The van der Waals surface area contributed by atoms with Crippen LogP contribution in [0.5, 0.6) is 17.4 Å². The average molecular weight is 551 g/mol. The number of halogens is 5. The first-order chi connectivity index (χ1) is 18.5. The van der Waals surface area contributed by atoms with Gasteiger partial charge in [-0.2, -0.15) is 18.2 Å². The van der Waals surface area contributed by atoms with Crippen molar-refractivity contribution in [3.63, 3.8) is 0 Å². The molecule has 3 aromatic rings. The molecule has 0 bridgehead atoms. The van der Waals surface area contributed by atoms with Gasteiger partial charge >= 0.3 is 11.9 Å². The second-order valence-electron chi connectivity index (χ2n) is 9.80. The van der Waals surface area contributed by atoms with Crippen LogP contribution in [0.4, 0.5) is 27.8 Å². The second kappa shape index (κ2) is 10.5. The predicted octanol–water partition coefficient (Wildman–Crippen LogP) is 5.04. The number of nitrogens with zero attached hydrogens (tertiary/aromatic N) is 4. The van der Waals surface area contributed by atoms with E-state index < -0.39 is 34.8 Å². The summed E-state index contributed by atoms with van der Waals surface area (Å²) in [6.45, 7) is 4.26. The lowest BCUT2D eigenvalue weighted by Gasteiger charge is -2.36. The third-order valence-electron chi connectivity index (χ3n) is 6.97. The number of anilines is 1. The third kappa shape index (κ3) is 6.00. The van der Waals surface area contributed by atoms with Gasteiger partial charge in [0.25, 0.3) is 0 Å². The van der Waals surface area contributed by atoms with Gasteiger partial charge in [0.15, 0.2) is 17.4 Å². The van der Waals surface area contributed by atoms with Crippen molar-refractivity contribution in [3.8, 4) is 17.4 Å². The molecule has 12 heteroatoms. The molecule has 1 aliphatic carbocycles. The van der Waals surface area contributed by atoms with Crippen molar-refractivity contribution in [2.45, 2.75) is 38.6 Å². The van der Waals surface area contributed by atoms with Crippen LogP contribution >= 0.6 is 0 Å². The van der Waals surface area contributed by atoms with E-state index in [9.17, 15) is 26.7 Å². The van der Waals surface area contributed by atoms with Crippen molar-refractivity contribution in [1.29, 1.82) is 0 Å². The minimum absolute atomic E-state index is 0.0122. The number of hydrogen-bond acceptors (Lipinski definition) is 6. The van der Waals surface area contributed by atoms with Gasteiger partial charge in [0.05, 0.1) is 5.56 Å². The maximum absolute atomic E-state index is 14.7. The van der Waals surface area contributed by atoms with E-state index in [0.717, 1.165) is 44.4 Å². The highest BCUT2D eigenvalue weighted by molar-refractivity contribution is 5.43. The van der Waals surface area contributed by atoms with Gasteiger partial charge in [-0.05, 0) is 55.2 Å². The zero-order valence-corrected chi connectivity index (χ0v) is 21.4. The number of benzene rings is 2. The maximum Gasteiger partial charge on any atom is 0.416 e. The highest BCUT2D eigenvalue weighted by Crippen LogP contribution is 2.36. The molecule has 2 aromatic carbocycles. The van der Waals surface area contributed by atoms with E-state index in [1.165, 1.54) is 30.4 Å². The van der Waals surface area contributed by atoms with Crippen LogP contribution in [-0.4, -0.2) is 46.7 Å². The first kappa shape index (κ1) is 26.9. The Hall–Kier alpha value is -3.67. The number of hydrogen-bond donors (Lipinski definition) is 0. The molecule has 1 saturated heterocycles. The van der Waals surface area contributed by atoms with E-state index in [2.05, 4.69) is 14.8 Å². The molecule has 2 fully saturated rings. The van der Waals surface area contributed by atoms with Gasteiger partial charge in [0.2, 0.25) is 5.88 Å². The SMILES string of the molecule is Cc1ccc(Oc2c(F)cc(COc3cc(N4CCN(C5CC5)CC4)n(C)c(=O)n3)cc2F)cc1C(F)(F)F. The Kier molecular flexibility index (Phi) is 7.23. The summed E-state index contributed by atoms with van der Waals surface area (Å²) < 4.78 is 81.2. The molecule has 0 spiro atoms. The van der Waals surface area contributed by atoms with Crippen molar-refractivity contribution < 1.29 is 31.4 Å². The van der Waals surface area contributed by atoms with Crippen LogP contribution in [0, 0.1) is 18.6 Å². The monoisotopic (exact) mass is 550 g/mol. The summed E-state index contributed by atoms with van der Waals surface area (Å²) in [6, 6.07) is 7.25. The van der Waals surface area contributed by atoms with E-state index in [4.69, 9.17) is 9.47 Å². The molecule has 1 saturated carbocycles. The first-order valence-electron chi connectivity index (χ1n) is 12.5. The highest BCUT2D eigenvalue weighted by atomic mass is 19.4. The molecule has 2 heterocycles. The maximum atomic E-state index is 14.7. The molecule has 1 aromatic heterocycles. The fourth-order valence-electron chi connectivity index (χ4n) is 4.68. The van der Waals surface area contributed by atoms with Gasteiger partial charge in [-0.1, -0.05) is 6.07 Å². The van der Waals surface area contributed by atoms with E-state index in [0.29, 0.717) is 17.9 Å². The fourth-order valence-corrected chi connectivity index (χ4v) is 4.68. The van der Waals surface area contributed by atoms with Gasteiger partial charge in [-0.25, -0.2) is 13.6 Å². The van der Waals surface area contributed by atoms with Crippen molar-refractivity contribution in [2.75, 3.05) is 31.1 Å². The Labute approximate surface area is 221 Å². The number of aryl methyl sites for hydroxylation is 1. The summed E-state index contributed by atoms with van der Waals surface area (Å²) >= 11 is 0. The molecule has 0 unspecified atom stereocenters. The summed E-state index contributed by atoms with van der Waals surface area (Å²) in [6.07, 6.45) is -2.19. The van der Waals surface area contributed by atoms with E-state index >= 15 is 0 Å². The first-order valence-corrected chi connectivity index (χ1v) is 12.5. The van der Waals surface area contributed by atoms with Crippen molar-refractivity contribution in [1.82, 2.24) is 14.5 Å². The smallest absolute Gasteiger partial charge is 0.416 e. The molecule has 0 radical (unpaired) electrons. The summed E-state index contributed by atoms with van der Waals surface area (Å²) in [5.74, 6) is -2.78. The van der Waals surface area contributed by atoms with Gasteiger partial charge < -0.3 is 14.4 Å². The van der Waals surface area contributed by atoms with Crippen LogP contribution in [-0.2, 0) is 19.8 Å². The van der Waals surface area contributed by atoms with Crippen molar-refractivity contribution in [3.05, 3.63) is 75.2 Å². The second-order valence-corrected chi connectivity index (χ2v) is 9.80. The van der Waals surface area contributed by atoms with Crippen LogP contribution in [0.15, 0.2) is 41.2 Å². The van der Waals surface area contributed by atoms with E-state index in [1.807, 2.05) is 0 Å². The number of piperazine rings is 1. The van der Waals surface area contributed by atoms with Crippen molar-refractivity contribution >= 4 is 5.82 Å². The molecular weight excluding hydrogens is 523 g/mol. The molecule has 0 amide bonds. The molecule has 5 rings (SSSR count). The standard InChI is InChI=1S/C27H27F5N4O3/c1-16-3-6-19(13-20(16)27(30,31)32)39-25-21(28)11-17(12-22(25)29)15-38-23-14-24(34(2)26(37)33-23)36-9-7-35(8-10-36)18-4-5-18/h3,6,11-14,18H,4-5,7-10,15H2,1-2H3. The quantitative estimate of drug-likeness (QED) is 0.384. The Morgan fingerprint density at radius 2 is 1.67 bits per heavy atom. The molecule has 39 heavy (non-hydrogen) atoms. The van der Waals surface area contributed by atoms with Crippen LogP contribution in [0.2, 0.25) is 0 Å². The Morgan fingerprint density at radius 3 is 2.28 bits per heavy atom. The molecule has 1 aliphatic heterocycles. The lowest BCUT2D eigenvalue weighted by molar-refractivity contribution is -0.138. The Morgan fingerprint density at radius 1 is 1.00 bits per heavy atom. The van der Waals surface area contributed by atoms with Gasteiger partial charge in [-0.15, -0.1) is 0 Å². The van der Waals surface area contributed by atoms with E-state index in [1.54, 1.807) is 13.1 Å². The Bertz CT molecular complexity index is 1410. The summed E-state index contributed by atoms with van der Waals surface area (Å²) in [5, 5.41) is 0. The topological polar surface area (TPSA) is 59.8 Å². The molecule has 7 nitrogen and oxygen atoms in total. The van der Waals surface area contributed by atoms with Gasteiger partial charge in [0.1, 0.15) is 18.2 Å². The van der Waals surface area contributed by atoms with Gasteiger partial charge in [-0.3, -0.25) is 9.47 Å². The highest BCUT2D eigenvalue weighted by Gasteiger charge is 2.33. The molecule has 0 N–H and O–H groups in total. The van der Waals surface area contributed by atoms with E-state index in [-0.39, 0.29) is 29.4 Å². The zero-order chi connectivity index (χ0) is 27.9. The number of aromatic nitrogens is 2. The lowest BCUT2D eigenvalue weighted by atomic mass is 10.1. The zero-order valence-electron chi connectivity index (χ0n) is 21.4. The summed E-state index contributed by atoms with van der Waals surface area (Å²) in [4.78, 5) is 20.9. The minimum atomic E-state index is -4.64. The third-order valence-corrected chi connectivity index (χ3v) is 6.97. The summed E-state index contributed by atoms with van der Waals surface area (Å²) in [5.41, 5.74) is -1.45.